The number of carbonyl (C=O) groups excluding carboxylic acids is 1. The van der Waals surface area contributed by atoms with Crippen molar-refractivity contribution in [2.75, 3.05) is 5.32 Å². The molecule has 0 spiro atoms. The molecule has 0 bridgehead atoms. The number of carbonyl (C=O) groups is 1. The Kier molecular flexibility index (Phi) is 5.10. The van der Waals surface area contributed by atoms with Crippen molar-refractivity contribution in [3.63, 3.8) is 0 Å². The van der Waals surface area contributed by atoms with Crippen LogP contribution in [-0.4, -0.2) is 15.9 Å². The Morgan fingerprint density at radius 3 is 2.64 bits per heavy atom. The van der Waals surface area contributed by atoms with Crippen LogP contribution in [0.2, 0.25) is 10.0 Å². The zero-order valence-corrected chi connectivity index (χ0v) is 15.9. The minimum absolute atomic E-state index is 0.273. The van der Waals surface area contributed by atoms with Gasteiger partial charge < -0.3 is 9.73 Å². The average Bonchev–Trinajstić information content (AvgIpc) is 3.12. The maximum Gasteiger partial charge on any atom is 0.248 e. The molecule has 138 valence electrons. The zero-order valence-electron chi connectivity index (χ0n) is 14.4. The van der Waals surface area contributed by atoms with E-state index < -0.39 is 0 Å². The summed E-state index contributed by atoms with van der Waals surface area (Å²) in [6.07, 6.45) is 4.71. The third kappa shape index (κ3) is 4.06. The fourth-order valence-corrected chi connectivity index (χ4v) is 3.05. The first kappa shape index (κ1) is 18.2. The topological polar surface area (TPSA) is 68.0 Å². The molecule has 0 unspecified atom stereocenters. The lowest BCUT2D eigenvalue weighted by molar-refractivity contribution is -0.111. The molecule has 28 heavy (non-hydrogen) atoms. The molecular formula is C21H13Cl2N3O2. The van der Waals surface area contributed by atoms with Gasteiger partial charge in [0.15, 0.2) is 11.2 Å². The van der Waals surface area contributed by atoms with Gasteiger partial charge in [-0.3, -0.25) is 4.79 Å². The number of benzene rings is 2. The number of fused-ring (bicyclic) bond motifs is 1. The third-order valence-electron chi connectivity index (χ3n) is 3.94. The summed E-state index contributed by atoms with van der Waals surface area (Å²) in [6, 6.07) is 15.9. The average molecular weight is 410 g/mol. The predicted molar refractivity (Wildman–Crippen MR) is 111 cm³/mol. The Morgan fingerprint density at radius 1 is 1.07 bits per heavy atom. The van der Waals surface area contributed by atoms with E-state index in [1.165, 1.54) is 6.08 Å². The minimum atomic E-state index is -0.273. The minimum Gasteiger partial charge on any atom is -0.434 e. The first-order valence-corrected chi connectivity index (χ1v) is 9.10. The molecule has 4 aromatic rings. The molecule has 0 saturated carbocycles. The number of amides is 1. The molecule has 0 fully saturated rings. The number of anilines is 1. The summed E-state index contributed by atoms with van der Waals surface area (Å²) < 4.78 is 5.69. The van der Waals surface area contributed by atoms with E-state index in [2.05, 4.69) is 15.3 Å². The highest BCUT2D eigenvalue weighted by Crippen LogP contribution is 2.25. The Morgan fingerprint density at radius 2 is 1.89 bits per heavy atom. The molecule has 0 atom stereocenters. The van der Waals surface area contributed by atoms with Gasteiger partial charge in [0.25, 0.3) is 0 Å². The summed E-state index contributed by atoms with van der Waals surface area (Å²) in [5, 5.41) is 3.81. The van der Waals surface area contributed by atoms with Crippen LogP contribution in [0.1, 0.15) is 5.56 Å². The fraction of sp³-hybridized carbons (Fsp3) is 0. The number of hydrogen-bond donors (Lipinski definition) is 1. The van der Waals surface area contributed by atoms with Crippen LogP contribution in [0.5, 0.6) is 0 Å². The van der Waals surface area contributed by atoms with Crippen LogP contribution in [0.15, 0.2) is 71.3 Å². The lowest BCUT2D eigenvalue weighted by Crippen LogP contribution is -2.07. The number of oxazole rings is 1. The van der Waals surface area contributed by atoms with Crippen LogP contribution in [-0.2, 0) is 4.79 Å². The standard InChI is InChI=1S/C21H13Cl2N3O2/c22-15-7-3-13(17(23)12-15)6-10-19(27)25-16-8-4-14(5-9-16)21-26-20-18(28-21)2-1-11-24-20/h1-12H,(H,25,27)/b10-6+. The highest BCUT2D eigenvalue weighted by Gasteiger charge is 2.09. The van der Waals surface area contributed by atoms with Gasteiger partial charge in [0.1, 0.15) is 0 Å². The van der Waals surface area contributed by atoms with Crippen molar-refractivity contribution < 1.29 is 9.21 Å². The Hall–Kier alpha value is -3.15. The second-order valence-corrected chi connectivity index (χ2v) is 6.75. The summed E-state index contributed by atoms with van der Waals surface area (Å²) in [5.41, 5.74) is 3.33. The molecule has 0 aliphatic carbocycles. The zero-order chi connectivity index (χ0) is 19.5. The molecule has 2 aromatic carbocycles. The summed E-state index contributed by atoms with van der Waals surface area (Å²) in [4.78, 5) is 20.6. The summed E-state index contributed by atoms with van der Waals surface area (Å²) in [6.45, 7) is 0. The molecule has 2 aromatic heterocycles. The molecule has 4 rings (SSSR count). The van der Waals surface area contributed by atoms with Crippen molar-refractivity contribution in [3.8, 4) is 11.5 Å². The van der Waals surface area contributed by atoms with Gasteiger partial charge in [-0.05, 0) is 60.2 Å². The highest BCUT2D eigenvalue weighted by atomic mass is 35.5. The van der Waals surface area contributed by atoms with E-state index in [1.54, 1.807) is 48.7 Å². The third-order valence-corrected chi connectivity index (χ3v) is 4.50. The predicted octanol–water partition coefficient (Wildman–Crippen LogP) is 5.85. The molecule has 0 saturated heterocycles. The van der Waals surface area contributed by atoms with Gasteiger partial charge >= 0.3 is 0 Å². The SMILES string of the molecule is O=C(/C=C/c1ccc(Cl)cc1Cl)Nc1ccc(-c2nc3ncccc3o2)cc1. The van der Waals surface area contributed by atoms with Gasteiger partial charge in [-0.15, -0.1) is 0 Å². The summed E-state index contributed by atoms with van der Waals surface area (Å²) in [5.74, 6) is 0.202. The van der Waals surface area contributed by atoms with Crippen molar-refractivity contribution in [2.24, 2.45) is 0 Å². The number of nitrogens with zero attached hydrogens (tertiary/aromatic N) is 2. The van der Waals surface area contributed by atoms with E-state index in [-0.39, 0.29) is 5.91 Å². The molecule has 0 aliphatic rings. The number of rotatable bonds is 4. The number of hydrogen-bond acceptors (Lipinski definition) is 4. The molecule has 0 radical (unpaired) electrons. The van der Waals surface area contributed by atoms with Crippen molar-refractivity contribution in [3.05, 3.63) is 82.5 Å². The van der Waals surface area contributed by atoms with Gasteiger partial charge in [0.2, 0.25) is 11.8 Å². The van der Waals surface area contributed by atoms with Crippen molar-refractivity contribution in [1.29, 1.82) is 0 Å². The largest absolute Gasteiger partial charge is 0.434 e. The Balaban J connectivity index is 1.45. The van der Waals surface area contributed by atoms with E-state index >= 15 is 0 Å². The first-order chi connectivity index (χ1) is 13.6. The van der Waals surface area contributed by atoms with Crippen molar-refractivity contribution in [2.45, 2.75) is 0 Å². The quantitative estimate of drug-likeness (QED) is 0.429. The molecule has 5 nitrogen and oxygen atoms in total. The van der Waals surface area contributed by atoms with Gasteiger partial charge in [0.05, 0.1) is 0 Å². The number of aromatic nitrogens is 2. The Labute approximate surface area is 170 Å². The van der Waals surface area contributed by atoms with Crippen LogP contribution in [0, 0.1) is 0 Å². The van der Waals surface area contributed by atoms with E-state index in [0.29, 0.717) is 38.4 Å². The van der Waals surface area contributed by atoms with Crippen molar-refractivity contribution >= 4 is 52.1 Å². The number of halogens is 2. The van der Waals surface area contributed by atoms with Crippen LogP contribution in [0.25, 0.3) is 28.8 Å². The Bertz CT molecular complexity index is 1150. The molecule has 1 N–H and O–H groups in total. The smallest absolute Gasteiger partial charge is 0.248 e. The van der Waals surface area contributed by atoms with Gasteiger partial charge in [-0.2, -0.15) is 4.98 Å². The second kappa shape index (κ2) is 7.84. The van der Waals surface area contributed by atoms with Crippen LogP contribution in [0.4, 0.5) is 5.69 Å². The maximum atomic E-state index is 12.1. The van der Waals surface area contributed by atoms with Crippen LogP contribution >= 0.6 is 23.2 Å². The summed E-state index contributed by atoms with van der Waals surface area (Å²) >= 11 is 12.0. The molecule has 2 heterocycles. The van der Waals surface area contributed by atoms with Crippen LogP contribution < -0.4 is 5.32 Å². The lowest BCUT2D eigenvalue weighted by Gasteiger charge is -2.03. The molecule has 7 heteroatoms. The van der Waals surface area contributed by atoms with E-state index in [1.807, 2.05) is 18.2 Å². The van der Waals surface area contributed by atoms with E-state index in [4.69, 9.17) is 27.6 Å². The molecule has 0 aliphatic heterocycles. The molecule has 1 amide bonds. The van der Waals surface area contributed by atoms with Gasteiger partial charge in [0, 0.05) is 33.6 Å². The van der Waals surface area contributed by atoms with Gasteiger partial charge in [-0.1, -0.05) is 29.3 Å². The first-order valence-electron chi connectivity index (χ1n) is 8.34. The second-order valence-electron chi connectivity index (χ2n) is 5.91. The van der Waals surface area contributed by atoms with E-state index in [0.717, 1.165) is 5.56 Å². The fourth-order valence-electron chi connectivity index (χ4n) is 2.57. The summed E-state index contributed by atoms with van der Waals surface area (Å²) in [7, 11) is 0. The highest BCUT2D eigenvalue weighted by molar-refractivity contribution is 6.35. The normalized spacial score (nSPS) is 11.2. The maximum absolute atomic E-state index is 12.1. The van der Waals surface area contributed by atoms with Crippen molar-refractivity contribution in [1.82, 2.24) is 9.97 Å². The monoisotopic (exact) mass is 409 g/mol. The lowest BCUT2D eigenvalue weighted by atomic mass is 10.2. The number of nitrogens with one attached hydrogen (secondary N) is 1. The van der Waals surface area contributed by atoms with E-state index in [9.17, 15) is 4.79 Å². The molecular weight excluding hydrogens is 397 g/mol. The van der Waals surface area contributed by atoms with Gasteiger partial charge in [-0.25, -0.2) is 4.98 Å². The number of pyridine rings is 1. The van der Waals surface area contributed by atoms with Crippen LogP contribution in [0.3, 0.4) is 0 Å².